The normalized spacial score (nSPS) is 22.4. The maximum Gasteiger partial charge on any atom is 0.169 e. The number of rotatable bonds is 5. The second kappa shape index (κ2) is 5.92. The van der Waals surface area contributed by atoms with Crippen LogP contribution in [-0.4, -0.2) is 35.3 Å². The van der Waals surface area contributed by atoms with E-state index in [2.05, 4.69) is 10.2 Å². The number of furan rings is 1. The standard InChI is InChI=1S/C14H20N2O2S/c19-14(15-11-5-6-11)16(9-12-3-1-7-17-12)10-13-4-2-8-18-13/h1,3,7,11,13H,2,4-6,8-10H2,(H,15,19). The summed E-state index contributed by atoms with van der Waals surface area (Å²) in [7, 11) is 0. The van der Waals surface area contributed by atoms with Gasteiger partial charge in [0.15, 0.2) is 5.11 Å². The Morgan fingerprint density at radius 1 is 1.42 bits per heavy atom. The van der Waals surface area contributed by atoms with Crippen molar-refractivity contribution in [3.63, 3.8) is 0 Å². The quantitative estimate of drug-likeness (QED) is 0.838. The highest BCUT2D eigenvalue weighted by Crippen LogP contribution is 2.20. The molecule has 0 bridgehead atoms. The van der Waals surface area contributed by atoms with Crippen molar-refractivity contribution < 1.29 is 9.15 Å². The van der Waals surface area contributed by atoms with Gasteiger partial charge in [0.1, 0.15) is 5.76 Å². The molecule has 1 saturated carbocycles. The van der Waals surface area contributed by atoms with Gasteiger partial charge in [-0.15, -0.1) is 0 Å². The Morgan fingerprint density at radius 3 is 2.95 bits per heavy atom. The number of thiocarbonyl (C=S) groups is 1. The fraction of sp³-hybridized carbons (Fsp3) is 0.643. The first-order chi connectivity index (χ1) is 9.31. The molecule has 1 aliphatic heterocycles. The molecular formula is C14H20N2O2S. The molecule has 0 amide bonds. The van der Waals surface area contributed by atoms with E-state index in [1.807, 2.05) is 12.1 Å². The van der Waals surface area contributed by atoms with Gasteiger partial charge in [-0.2, -0.15) is 0 Å². The number of nitrogens with one attached hydrogen (secondary N) is 1. The number of nitrogens with zero attached hydrogens (tertiary/aromatic N) is 1. The van der Waals surface area contributed by atoms with Crippen LogP contribution >= 0.6 is 12.2 Å². The molecule has 1 aromatic heterocycles. The summed E-state index contributed by atoms with van der Waals surface area (Å²) in [6, 6.07) is 4.48. The van der Waals surface area contributed by atoms with E-state index in [0.29, 0.717) is 18.7 Å². The van der Waals surface area contributed by atoms with E-state index in [1.165, 1.54) is 12.8 Å². The van der Waals surface area contributed by atoms with E-state index in [1.54, 1.807) is 6.26 Å². The van der Waals surface area contributed by atoms with Gasteiger partial charge in [0.05, 0.1) is 18.9 Å². The molecule has 104 valence electrons. The molecule has 5 heteroatoms. The first kappa shape index (κ1) is 12.9. The molecule has 1 N–H and O–H groups in total. The largest absolute Gasteiger partial charge is 0.467 e. The molecule has 1 aromatic rings. The molecule has 0 radical (unpaired) electrons. The fourth-order valence-corrected chi connectivity index (χ4v) is 2.64. The zero-order valence-corrected chi connectivity index (χ0v) is 11.8. The summed E-state index contributed by atoms with van der Waals surface area (Å²) in [5.74, 6) is 0.943. The summed E-state index contributed by atoms with van der Waals surface area (Å²) < 4.78 is 11.1. The van der Waals surface area contributed by atoms with Crippen molar-refractivity contribution in [2.24, 2.45) is 0 Å². The van der Waals surface area contributed by atoms with Gasteiger partial charge in [-0.25, -0.2) is 0 Å². The zero-order valence-electron chi connectivity index (χ0n) is 11.0. The van der Waals surface area contributed by atoms with Crippen molar-refractivity contribution in [2.75, 3.05) is 13.2 Å². The summed E-state index contributed by atoms with van der Waals surface area (Å²) in [6.45, 7) is 2.44. The summed E-state index contributed by atoms with van der Waals surface area (Å²) in [4.78, 5) is 2.17. The Hall–Kier alpha value is -1.07. The van der Waals surface area contributed by atoms with Crippen molar-refractivity contribution in [1.82, 2.24) is 10.2 Å². The van der Waals surface area contributed by atoms with Crippen LogP contribution in [0.3, 0.4) is 0 Å². The van der Waals surface area contributed by atoms with Crippen LogP contribution in [-0.2, 0) is 11.3 Å². The Balaban J connectivity index is 1.60. The van der Waals surface area contributed by atoms with Crippen molar-refractivity contribution in [2.45, 2.75) is 44.4 Å². The zero-order chi connectivity index (χ0) is 13.1. The topological polar surface area (TPSA) is 37.6 Å². The Kier molecular flexibility index (Phi) is 4.03. The van der Waals surface area contributed by atoms with Crippen LogP contribution in [0, 0.1) is 0 Å². The van der Waals surface area contributed by atoms with Crippen LogP contribution in [0.4, 0.5) is 0 Å². The average molecular weight is 280 g/mol. The lowest BCUT2D eigenvalue weighted by Gasteiger charge is -2.27. The molecule has 1 atom stereocenters. The van der Waals surface area contributed by atoms with Crippen LogP contribution in [0.5, 0.6) is 0 Å². The van der Waals surface area contributed by atoms with Gasteiger partial charge in [-0.3, -0.25) is 0 Å². The molecule has 4 nitrogen and oxygen atoms in total. The van der Waals surface area contributed by atoms with E-state index in [-0.39, 0.29) is 0 Å². The Labute approximate surface area is 119 Å². The maximum absolute atomic E-state index is 5.71. The Bertz CT molecular complexity index is 411. The third kappa shape index (κ3) is 3.70. The molecule has 19 heavy (non-hydrogen) atoms. The number of ether oxygens (including phenoxy) is 1. The third-order valence-corrected chi connectivity index (χ3v) is 3.94. The highest BCUT2D eigenvalue weighted by Gasteiger charge is 2.26. The lowest BCUT2D eigenvalue weighted by Crippen LogP contribution is -2.43. The summed E-state index contributed by atoms with van der Waals surface area (Å²) in [5.41, 5.74) is 0. The molecule has 2 aliphatic rings. The van der Waals surface area contributed by atoms with Crippen LogP contribution < -0.4 is 5.32 Å². The average Bonchev–Trinajstić information content (AvgIpc) is 2.90. The number of hydrogen-bond donors (Lipinski definition) is 1. The summed E-state index contributed by atoms with van der Waals surface area (Å²) in [5, 5.41) is 4.23. The van der Waals surface area contributed by atoms with Crippen LogP contribution in [0.2, 0.25) is 0 Å². The first-order valence-corrected chi connectivity index (χ1v) is 7.41. The third-order valence-electron chi connectivity index (χ3n) is 3.57. The molecular weight excluding hydrogens is 260 g/mol. The van der Waals surface area contributed by atoms with Gasteiger partial charge in [-0.05, 0) is 50.0 Å². The molecule has 1 aliphatic carbocycles. The monoisotopic (exact) mass is 280 g/mol. The molecule has 0 spiro atoms. The van der Waals surface area contributed by atoms with Gasteiger partial charge in [-0.1, -0.05) is 0 Å². The fourth-order valence-electron chi connectivity index (χ4n) is 2.34. The molecule has 3 rings (SSSR count). The maximum atomic E-state index is 5.71. The van der Waals surface area contributed by atoms with Gasteiger partial charge >= 0.3 is 0 Å². The van der Waals surface area contributed by atoms with E-state index in [4.69, 9.17) is 21.4 Å². The SMILES string of the molecule is S=C(NC1CC1)N(Cc1ccco1)CC1CCCO1. The van der Waals surface area contributed by atoms with Crippen molar-refractivity contribution in [3.05, 3.63) is 24.2 Å². The van der Waals surface area contributed by atoms with Crippen LogP contribution in [0.25, 0.3) is 0 Å². The van der Waals surface area contributed by atoms with E-state index < -0.39 is 0 Å². The van der Waals surface area contributed by atoms with Crippen molar-refractivity contribution in [3.8, 4) is 0 Å². The minimum atomic E-state index is 0.300. The van der Waals surface area contributed by atoms with E-state index >= 15 is 0 Å². The summed E-state index contributed by atoms with van der Waals surface area (Å²) >= 11 is 5.52. The van der Waals surface area contributed by atoms with Gasteiger partial charge in [0.25, 0.3) is 0 Å². The van der Waals surface area contributed by atoms with Gasteiger partial charge in [0.2, 0.25) is 0 Å². The molecule has 1 unspecified atom stereocenters. The molecule has 0 aromatic carbocycles. The van der Waals surface area contributed by atoms with E-state index in [9.17, 15) is 0 Å². The predicted molar refractivity (Wildman–Crippen MR) is 76.8 cm³/mol. The Morgan fingerprint density at radius 2 is 2.32 bits per heavy atom. The minimum Gasteiger partial charge on any atom is -0.467 e. The number of hydrogen-bond acceptors (Lipinski definition) is 3. The molecule has 2 fully saturated rings. The lowest BCUT2D eigenvalue weighted by atomic mass is 10.2. The molecule has 2 heterocycles. The first-order valence-electron chi connectivity index (χ1n) is 7.00. The van der Waals surface area contributed by atoms with Crippen LogP contribution in [0.15, 0.2) is 22.8 Å². The second-order valence-corrected chi connectivity index (χ2v) is 5.71. The summed E-state index contributed by atoms with van der Waals surface area (Å²) in [6.07, 6.45) is 6.75. The predicted octanol–water partition coefficient (Wildman–Crippen LogP) is 2.30. The lowest BCUT2D eigenvalue weighted by molar-refractivity contribution is 0.0884. The highest BCUT2D eigenvalue weighted by atomic mass is 32.1. The van der Waals surface area contributed by atoms with Crippen LogP contribution in [0.1, 0.15) is 31.4 Å². The molecule has 1 saturated heterocycles. The van der Waals surface area contributed by atoms with Crippen molar-refractivity contribution in [1.29, 1.82) is 0 Å². The van der Waals surface area contributed by atoms with Gasteiger partial charge in [0, 0.05) is 19.2 Å². The van der Waals surface area contributed by atoms with E-state index in [0.717, 1.165) is 36.9 Å². The highest BCUT2D eigenvalue weighted by molar-refractivity contribution is 7.80. The smallest absolute Gasteiger partial charge is 0.169 e. The van der Waals surface area contributed by atoms with Crippen molar-refractivity contribution >= 4 is 17.3 Å². The second-order valence-electron chi connectivity index (χ2n) is 5.32. The minimum absolute atomic E-state index is 0.300. The van der Waals surface area contributed by atoms with Gasteiger partial charge < -0.3 is 19.4 Å².